The fourth-order valence-corrected chi connectivity index (χ4v) is 3.54. The molecule has 0 aromatic carbocycles. The molecule has 2 N–H and O–H groups in total. The number of hydrogen-bond donors (Lipinski definition) is 2. The predicted octanol–water partition coefficient (Wildman–Crippen LogP) is 3.01. The summed E-state index contributed by atoms with van der Waals surface area (Å²) < 4.78 is 22.9. The molecule has 2 rings (SSSR count). The minimum absolute atomic E-state index is 0.114. The van der Waals surface area contributed by atoms with E-state index in [1.807, 2.05) is 20.8 Å². The Labute approximate surface area is 195 Å². The second-order valence-electron chi connectivity index (χ2n) is 8.81. The maximum atomic E-state index is 12.9. The Morgan fingerprint density at radius 2 is 2.09 bits per heavy atom. The molecule has 1 amide bonds. The van der Waals surface area contributed by atoms with Gasteiger partial charge in [0.2, 0.25) is 0 Å². The van der Waals surface area contributed by atoms with Gasteiger partial charge in [0, 0.05) is 18.9 Å². The zero-order valence-corrected chi connectivity index (χ0v) is 20.1. The van der Waals surface area contributed by atoms with Crippen molar-refractivity contribution in [2.75, 3.05) is 20.3 Å². The van der Waals surface area contributed by atoms with Gasteiger partial charge in [-0.05, 0) is 39.0 Å². The van der Waals surface area contributed by atoms with Crippen LogP contribution in [0.3, 0.4) is 0 Å². The van der Waals surface area contributed by atoms with Crippen LogP contribution >= 0.6 is 0 Å². The third-order valence-corrected chi connectivity index (χ3v) is 5.19. The number of pyridine rings is 1. The highest BCUT2D eigenvalue weighted by atomic mass is 16.6. The number of carbonyl (C=O) groups is 2. The number of ether oxygens (including phenoxy) is 4. The zero-order valence-electron chi connectivity index (χ0n) is 20.1. The first-order valence-corrected chi connectivity index (χ1v) is 11.2. The van der Waals surface area contributed by atoms with Crippen LogP contribution in [-0.2, 0) is 19.0 Å². The topological polar surface area (TPSA) is 116 Å². The van der Waals surface area contributed by atoms with Crippen molar-refractivity contribution in [1.29, 1.82) is 0 Å². The number of nitrogens with one attached hydrogen (secondary N) is 1. The number of esters is 1. The second-order valence-corrected chi connectivity index (χ2v) is 8.81. The van der Waals surface area contributed by atoms with E-state index in [1.165, 1.54) is 19.4 Å². The van der Waals surface area contributed by atoms with Gasteiger partial charge in [0.05, 0.1) is 19.8 Å². The van der Waals surface area contributed by atoms with Crippen LogP contribution in [0.1, 0.15) is 57.4 Å². The summed E-state index contributed by atoms with van der Waals surface area (Å²) in [5.74, 6) is -1.24. The quantitative estimate of drug-likeness (QED) is 0.423. The van der Waals surface area contributed by atoms with E-state index in [2.05, 4.69) is 16.9 Å². The van der Waals surface area contributed by atoms with E-state index in [0.29, 0.717) is 38.4 Å². The number of aromatic nitrogens is 1. The Kier molecular flexibility index (Phi) is 10.1. The number of aromatic hydroxyl groups is 1. The Bertz CT molecular complexity index is 827. The lowest BCUT2D eigenvalue weighted by Gasteiger charge is -2.31. The monoisotopic (exact) mass is 464 g/mol. The smallest absolute Gasteiger partial charge is 0.329 e. The molecule has 9 nitrogen and oxygen atoms in total. The number of methoxy groups -OCH3 is 1. The molecule has 2 heterocycles. The first-order valence-electron chi connectivity index (χ1n) is 11.2. The largest absolute Gasteiger partial charge is 0.503 e. The molecular weight excluding hydrogens is 428 g/mol. The van der Waals surface area contributed by atoms with Crippen molar-refractivity contribution in [3.05, 3.63) is 30.1 Å². The van der Waals surface area contributed by atoms with Gasteiger partial charge in [-0.2, -0.15) is 0 Å². The number of nitrogens with zero attached hydrogens (tertiary/aromatic N) is 1. The van der Waals surface area contributed by atoms with Crippen molar-refractivity contribution >= 4 is 11.9 Å². The summed E-state index contributed by atoms with van der Waals surface area (Å²) in [6.45, 7) is 12.5. The highest BCUT2D eigenvalue weighted by molar-refractivity contribution is 5.97. The molecule has 0 bridgehead atoms. The molecule has 0 spiro atoms. The molecule has 9 heteroatoms. The van der Waals surface area contributed by atoms with Crippen molar-refractivity contribution in [2.24, 2.45) is 5.92 Å². The molecule has 4 atom stereocenters. The average Bonchev–Trinajstić information content (AvgIpc) is 2.80. The first-order chi connectivity index (χ1) is 15.6. The number of carbonyl (C=O) groups excluding carboxylic acids is 2. The van der Waals surface area contributed by atoms with Gasteiger partial charge < -0.3 is 29.4 Å². The summed E-state index contributed by atoms with van der Waals surface area (Å²) in [5.41, 5.74) is 0.661. The number of rotatable bonds is 9. The normalized spacial score (nSPS) is 23.8. The Morgan fingerprint density at radius 3 is 2.73 bits per heavy atom. The molecule has 0 saturated carbocycles. The Hall–Kier alpha value is -2.65. The van der Waals surface area contributed by atoms with E-state index >= 15 is 0 Å². The maximum Gasteiger partial charge on any atom is 0.329 e. The van der Waals surface area contributed by atoms with Gasteiger partial charge in [-0.15, -0.1) is 0 Å². The molecular formula is C24H36N2O7. The molecule has 1 aliphatic heterocycles. The fourth-order valence-electron chi connectivity index (χ4n) is 3.54. The van der Waals surface area contributed by atoms with Crippen molar-refractivity contribution in [3.63, 3.8) is 0 Å². The lowest BCUT2D eigenvalue weighted by atomic mass is 10.0. The predicted molar refractivity (Wildman–Crippen MR) is 122 cm³/mol. The maximum absolute atomic E-state index is 12.9. The molecule has 0 aliphatic carbocycles. The van der Waals surface area contributed by atoms with Gasteiger partial charge in [0.15, 0.2) is 17.2 Å². The Morgan fingerprint density at radius 1 is 1.36 bits per heavy atom. The summed E-state index contributed by atoms with van der Waals surface area (Å²) >= 11 is 0. The van der Waals surface area contributed by atoms with E-state index in [4.69, 9.17) is 18.9 Å². The number of amides is 1. The lowest BCUT2D eigenvalue weighted by molar-refractivity contribution is -0.168. The molecule has 1 aromatic heterocycles. The zero-order chi connectivity index (χ0) is 24.5. The van der Waals surface area contributed by atoms with E-state index in [1.54, 1.807) is 6.92 Å². The van der Waals surface area contributed by atoms with E-state index < -0.39 is 35.9 Å². The van der Waals surface area contributed by atoms with Crippen LogP contribution in [0.5, 0.6) is 11.5 Å². The van der Waals surface area contributed by atoms with Crippen LogP contribution in [-0.4, -0.2) is 66.6 Å². The van der Waals surface area contributed by atoms with E-state index in [9.17, 15) is 14.7 Å². The van der Waals surface area contributed by atoms with Gasteiger partial charge >= 0.3 is 5.97 Å². The minimum atomic E-state index is -0.905. The van der Waals surface area contributed by atoms with Crippen LogP contribution in [0.4, 0.5) is 0 Å². The van der Waals surface area contributed by atoms with E-state index in [-0.39, 0.29) is 17.5 Å². The third-order valence-electron chi connectivity index (χ3n) is 5.19. The van der Waals surface area contributed by atoms with Crippen LogP contribution < -0.4 is 10.1 Å². The summed E-state index contributed by atoms with van der Waals surface area (Å²) in [6, 6.07) is 0.530. The first kappa shape index (κ1) is 26.6. The van der Waals surface area contributed by atoms with Crippen molar-refractivity contribution in [2.45, 2.75) is 71.3 Å². The standard InChI is InChI=1S/C24H36N2O7/c1-14(2)12-31-19-9-7-8-17(24(29)33-16(5)22(19)32-13-15(3)4)26-23(28)20-21(27)18(30-6)10-11-25-20/h10-11,15-17,19,22,27H,1,7-9,12-13H2,2-6H3,(H,26,28)/t16-,17-,19-,22-/m0/s1. The van der Waals surface area contributed by atoms with Crippen LogP contribution in [0.2, 0.25) is 0 Å². The van der Waals surface area contributed by atoms with Crippen molar-refractivity contribution < 1.29 is 33.6 Å². The third kappa shape index (κ3) is 7.71. The molecule has 0 unspecified atom stereocenters. The molecule has 33 heavy (non-hydrogen) atoms. The van der Waals surface area contributed by atoms with Gasteiger partial charge in [-0.3, -0.25) is 4.79 Å². The summed E-state index contributed by atoms with van der Waals surface area (Å²) in [5, 5.41) is 12.9. The molecule has 184 valence electrons. The summed E-state index contributed by atoms with van der Waals surface area (Å²) in [4.78, 5) is 29.6. The van der Waals surface area contributed by atoms with Gasteiger partial charge in [0.1, 0.15) is 18.2 Å². The molecule has 0 radical (unpaired) electrons. The van der Waals surface area contributed by atoms with Crippen molar-refractivity contribution in [3.8, 4) is 11.5 Å². The highest BCUT2D eigenvalue weighted by Gasteiger charge is 2.36. The number of hydrogen-bond acceptors (Lipinski definition) is 8. The highest BCUT2D eigenvalue weighted by Crippen LogP contribution is 2.28. The van der Waals surface area contributed by atoms with Gasteiger partial charge in [-0.25, -0.2) is 9.78 Å². The van der Waals surface area contributed by atoms with Gasteiger partial charge in [-0.1, -0.05) is 26.0 Å². The van der Waals surface area contributed by atoms with E-state index in [0.717, 1.165) is 5.57 Å². The SMILES string of the molecule is C=C(C)CO[C@H]1CCC[C@H](NC(=O)c2nccc(OC)c2O)C(=O)O[C@@H](C)[C@@H]1OCC(C)C. The summed E-state index contributed by atoms with van der Waals surface area (Å²) in [6.07, 6.45) is 1.56. The average molecular weight is 465 g/mol. The van der Waals surface area contributed by atoms with Gasteiger partial charge in [0.25, 0.3) is 5.91 Å². The number of cyclic esters (lactones) is 1. The minimum Gasteiger partial charge on any atom is -0.503 e. The molecule has 1 aliphatic rings. The van der Waals surface area contributed by atoms with Crippen LogP contribution in [0.25, 0.3) is 0 Å². The molecule has 1 saturated heterocycles. The molecule has 1 aromatic rings. The molecule has 1 fully saturated rings. The van der Waals surface area contributed by atoms with Crippen molar-refractivity contribution in [1.82, 2.24) is 10.3 Å². The Balaban J connectivity index is 2.18. The fraction of sp³-hybridized carbons (Fsp3) is 0.625. The van der Waals surface area contributed by atoms with Crippen LogP contribution in [0.15, 0.2) is 24.4 Å². The second kappa shape index (κ2) is 12.6. The van der Waals surface area contributed by atoms with Crippen LogP contribution in [0, 0.1) is 5.92 Å². The lowest BCUT2D eigenvalue weighted by Crippen LogP contribution is -2.46. The summed E-state index contributed by atoms with van der Waals surface area (Å²) in [7, 11) is 1.37.